The molecule has 0 radical (unpaired) electrons. The number of ether oxygens (including phenoxy) is 1. The van der Waals surface area contributed by atoms with Crippen LogP contribution in [0, 0.1) is 0 Å². The lowest BCUT2D eigenvalue weighted by Crippen LogP contribution is -2.24. The molecule has 1 N–H and O–H groups in total. The first kappa shape index (κ1) is 26.0. The molecule has 0 aliphatic carbocycles. The van der Waals surface area contributed by atoms with E-state index >= 15 is 0 Å². The van der Waals surface area contributed by atoms with Crippen molar-refractivity contribution in [1.82, 2.24) is 0 Å². The Morgan fingerprint density at radius 2 is 1.12 bits per heavy atom. The van der Waals surface area contributed by atoms with E-state index in [-0.39, 0.29) is 27.4 Å². The van der Waals surface area contributed by atoms with Crippen molar-refractivity contribution in [2.75, 3.05) is 0 Å². The Labute approximate surface area is 195 Å². The fourth-order valence-corrected chi connectivity index (χ4v) is 4.07. The van der Waals surface area contributed by atoms with Crippen LogP contribution in [0.3, 0.4) is 0 Å². The van der Waals surface area contributed by atoms with E-state index in [0.29, 0.717) is 11.3 Å². The van der Waals surface area contributed by atoms with Gasteiger partial charge in [0.05, 0.1) is 5.56 Å². The van der Waals surface area contributed by atoms with E-state index in [4.69, 9.17) is 4.74 Å². The van der Waals surface area contributed by atoms with Crippen LogP contribution >= 0.6 is 0 Å². The van der Waals surface area contributed by atoms with Crippen LogP contribution in [-0.2, 0) is 21.7 Å². The first-order valence-electron chi connectivity index (χ1n) is 11.5. The quantitative estimate of drug-likeness (QED) is 0.384. The Morgan fingerprint density at radius 1 is 0.688 bits per heavy atom. The molecule has 0 aliphatic rings. The molecule has 0 aromatic heterocycles. The summed E-state index contributed by atoms with van der Waals surface area (Å²) in [7, 11) is 0. The van der Waals surface area contributed by atoms with E-state index in [9.17, 15) is 9.90 Å². The maximum atomic E-state index is 13.4. The molecule has 0 amide bonds. The standard InChI is InChI=1S/C29H42O3/c1-26(2,3)19-14-13-15-22(23(19)29(10,11)12)32-25(31)18-16-20(27(4,5)6)24(30)21(17-18)28(7,8)9/h13-17,30H,1-12H3. The minimum Gasteiger partial charge on any atom is -0.507 e. The zero-order valence-corrected chi connectivity index (χ0v) is 22.2. The van der Waals surface area contributed by atoms with Gasteiger partial charge in [-0.2, -0.15) is 0 Å². The Balaban J connectivity index is 2.67. The minimum absolute atomic E-state index is 0.0810. The number of rotatable bonds is 2. The van der Waals surface area contributed by atoms with Gasteiger partial charge in [0, 0.05) is 16.7 Å². The van der Waals surface area contributed by atoms with Crippen LogP contribution in [0.1, 0.15) is 116 Å². The maximum Gasteiger partial charge on any atom is 0.343 e. The lowest BCUT2D eigenvalue weighted by Gasteiger charge is -2.31. The highest BCUT2D eigenvalue weighted by atomic mass is 16.5. The highest BCUT2D eigenvalue weighted by Crippen LogP contribution is 2.42. The molecule has 0 unspecified atom stereocenters. The molecular weight excluding hydrogens is 396 g/mol. The summed E-state index contributed by atoms with van der Waals surface area (Å²) in [6.45, 7) is 25.2. The zero-order valence-electron chi connectivity index (χ0n) is 22.2. The lowest BCUT2D eigenvalue weighted by atomic mass is 9.75. The molecule has 2 aromatic carbocycles. The van der Waals surface area contributed by atoms with Crippen molar-refractivity contribution in [2.24, 2.45) is 0 Å². The largest absolute Gasteiger partial charge is 0.507 e. The lowest BCUT2D eigenvalue weighted by molar-refractivity contribution is 0.0731. The van der Waals surface area contributed by atoms with E-state index in [1.807, 2.05) is 53.7 Å². The topological polar surface area (TPSA) is 46.5 Å². The molecule has 3 nitrogen and oxygen atoms in total. The number of hydrogen-bond donors (Lipinski definition) is 1. The molecule has 0 saturated carbocycles. The van der Waals surface area contributed by atoms with Gasteiger partial charge >= 0.3 is 5.97 Å². The van der Waals surface area contributed by atoms with Crippen molar-refractivity contribution in [3.05, 3.63) is 58.1 Å². The van der Waals surface area contributed by atoms with E-state index in [1.165, 1.54) is 5.56 Å². The van der Waals surface area contributed by atoms with Gasteiger partial charge in [-0.25, -0.2) is 4.79 Å². The van der Waals surface area contributed by atoms with Crippen LogP contribution in [0.15, 0.2) is 30.3 Å². The van der Waals surface area contributed by atoms with Gasteiger partial charge in [-0.05, 0) is 45.4 Å². The zero-order chi connectivity index (χ0) is 24.9. The van der Waals surface area contributed by atoms with Gasteiger partial charge in [-0.1, -0.05) is 95.2 Å². The van der Waals surface area contributed by atoms with Gasteiger partial charge in [0.15, 0.2) is 0 Å². The number of benzene rings is 2. The first-order chi connectivity index (χ1) is 14.2. The SMILES string of the molecule is CC(C)(C)c1cc(C(=O)Oc2cccc(C(C)(C)C)c2C(C)(C)C)cc(C(C)(C)C)c1O. The third-order valence-corrected chi connectivity index (χ3v) is 5.75. The molecule has 3 heteroatoms. The number of phenolic OH excluding ortho intramolecular Hbond substituents is 1. The van der Waals surface area contributed by atoms with Crippen molar-refractivity contribution >= 4 is 5.97 Å². The van der Waals surface area contributed by atoms with Gasteiger partial charge in [0.25, 0.3) is 0 Å². The first-order valence-corrected chi connectivity index (χ1v) is 11.5. The van der Waals surface area contributed by atoms with Crippen molar-refractivity contribution in [1.29, 1.82) is 0 Å². The number of phenols is 1. The smallest absolute Gasteiger partial charge is 0.343 e. The van der Waals surface area contributed by atoms with Crippen LogP contribution in [0.25, 0.3) is 0 Å². The number of aromatic hydroxyl groups is 1. The van der Waals surface area contributed by atoms with Crippen LogP contribution in [0.5, 0.6) is 11.5 Å². The molecule has 0 fully saturated rings. The normalized spacial score (nSPS) is 13.2. The molecule has 0 aliphatic heterocycles. The Hall–Kier alpha value is -2.29. The number of hydrogen-bond acceptors (Lipinski definition) is 3. The third-order valence-electron chi connectivity index (χ3n) is 5.75. The minimum atomic E-state index is -0.405. The summed E-state index contributed by atoms with van der Waals surface area (Å²) in [4.78, 5) is 13.4. The van der Waals surface area contributed by atoms with Crippen molar-refractivity contribution in [2.45, 2.75) is 105 Å². The predicted molar refractivity (Wildman–Crippen MR) is 134 cm³/mol. The van der Waals surface area contributed by atoms with Crippen molar-refractivity contribution < 1.29 is 14.6 Å². The van der Waals surface area contributed by atoms with Crippen molar-refractivity contribution in [3.63, 3.8) is 0 Å². The Kier molecular flexibility index (Phi) is 6.69. The molecule has 0 saturated heterocycles. The molecular formula is C29H42O3. The second-order valence-corrected chi connectivity index (χ2v) is 13.0. The van der Waals surface area contributed by atoms with E-state index < -0.39 is 5.97 Å². The summed E-state index contributed by atoms with van der Waals surface area (Å²) in [6.07, 6.45) is 0. The van der Waals surface area contributed by atoms with E-state index in [1.54, 1.807) is 12.1 Å². The number of carbonyl (C=O) groups is 1. The van der Waals surface area contributed by atoms with Gasteiger partial charge in [0.1, 0.15) is 11.5 Å². The van der Waals surface area contributed by atoms with Gasteiger partial charge in [-0.3, -0.25) is 0 Å². The molecule has 2 rings (SSSR count). The van der Waals surface area contributed by atoms with E-state index in [2.05, 4.69) is 47.6 Å². The molecule has 32 heavy (non-hydrogen) atoms. The number of carbonyl (C=O) groups excluding carboxylic acids is 1. The molecule has 2 aromatic rings. The van der Waals surface area contributed by atoms with Crippen molar-refractivity contribution in [3.8, 4) is 11.5 Å². The number of esters is 1. The molecule has 0 atom stereocenters. The second kappa shape index (κ2) is 8.24. The summed E-state index contributed by atoms with van der Waals surface area (Å²) >= 11 is 0. The Bertz CT molecular complexity index is 966. The third kappa shape index (κ3) is 5.54. The highest BCUT2D eigenvalue weighted by molar-refractivity contribution is 5.92. The second-order valence-electron chi connectivity index (χ2n) is 13.0. The summed E-state index contributed by atoms with van der Waals surface area (Å²) in [6, 6.07) is 9.50. The summed E-state index contributed by atoms with van der Waals surface area (Å²) in [5, 5.41) is 11.0. The Morgan fingerprint density at radius 3 is 1.50 bits per heavy atom. The van der Waals surface area contributed by atoms with E-state index in [0.717, 1.165) is 16.7 Å². The fourth-order valence-electron chi connectivity index (χ4n) is 4.07. The van der Waals surface area contributed by atoms with Crippen LogP contribution in [0.2, 0.25) is 0 Å². The van der Waals surface area contributed by atoms with Crippen LogP contribution in [0.4, 0.5) is 0 Å². The molecule has 0 bridgehead atoms. The van der Waals surface area contributed by atoms with Crippen LogP contribution < -0.4 is 4.74 Å². The monoisotopic (exact) mass is 438 g/mol. The summed E-state index contributed by atoms with van der Waals surface area (Å²) < 4.78 is 6.05. The predicted octanol–water partition coefficient (Wildman–Crippen LogP) is 7.80. The average Bonchev–Trinajstić information content (AvgIpc) is 2.57. The molecule has 176 valence electrons. The summed E-state index contributed by atoms with van der Waals surface area (Å²) in [5.74, 6) is 0.446. The maximum absolute atomic E-state index is 13.4. The molecule has 0 heterocycles. The summed E-state index contributed by atoms with van der Waals surface area (Å²) in [5.41, 5.74) is 3.26. The van der Waals surface area contributed by atoms with Crippen LogP contribution in [-0.4, -0.2) is 11.1 Å². The van der Waals surface area contributed by atoms with Gasteiger partial charge in [-0.15, -0.1) is 0 Å². The average molecular weight is 439 g/mol. The fraction of sp³-hybridized carbons (Fsp3) is 0.552. The highest BCUT2D eigenvalue weighted by Gasteiger charge is 2.31. The van der Waals surface area contributed by atoms with Gasteiger partial charge < -0.3 is 9.84 Å². The van der Waals surface area contributed by atoms with Gasteiger partial charge in [0.2, 0.25) is 0 Å². The molecule has 0 spiro atoms.